The van der Waals surface area contributed by atoms with Crippen LogP contribution >= 0.6 is 0 Å². The predicted octanol–water partition coefficient (Wildman–Crippen LogP) is 1.33. The number of carbonyl (C=O) groups is 1. The number of rotatable bonds is 6. The second-order valence-electron chi connectivity index (χ2n) is 5.50. The highest BCUT2D eigenvalue weighted by Crippen LogP contribution is 2.21. The third-order valence-corrected chi connectivity index (χ3v) is 3.74. The summed E-state index contributed by atoms with van der Waals surface area (Å²) in [6, 6.07) is 8.72. The molecule has 0 aliphatic carbocycles. The lowest BCUT2D eigenvalue weighted by atomic mass is 9.94. The van der Waals surface area contributed by atoms with Crippen LogP contribution < -0.4 is 10.6 Å². The van der Waals surface area contributed by atoms with E-state index in [1.807, 2.05) is 7.05 Å². The van der Waals surface area contributed by atoms with Gasteiger partial charge in [-0.05, 0) is 44.1 Å². The highest BCUT2D eigenvalue weighted by atomic mass is 16.2. The SMILES string of the molecule is CCCN(C)CC(=O)NCC1NCCc2ccccc21. The Balaban J connectivity index is 1.84. The molecule has 0 radical (unpaired) electrons. The molecule has 110 valence electrons. The summed E-state index contributed by atoms with van der Waals surface area (Å²) < 4.78 is 0. The van der Waals surface area contributed by atoms with Gasteiger partial charge in [0.15, 0.2) is 0 Å². The Labute approximate surface area is 121 Å². The van der Waals surface area contributed by atoms with Crippen molar-refractivity contribution in [3.8, 4) is 0 Å². The van der Waals surface area contributed by atoms with Crippen LogP contribution in [0.3, 0.4) is 0 Å². The number of nitrogens with zero attached hydrogens (tertiary/aromatic N) is 1. The molecule has 0 aromatic heterocycles. The van der Waals surface area contributed by atoms with E-state index < -0.39 is 0 Å². The first-order valence-electron chi connectivity index (χ1n) is 7.47. The molecule has 1 aliphatic rings. The van der Waals surface area contributed by atoms with Gasteiger partial charge in [-0.3, -0.25) is 9.69 Å². The van der Waals surface area contributed by atoms with E-state index in [2.05, 4.69) is 46.7 Å². The second kappa shape index (κ2) is 7.41. The van der Waals surface area contributed by atoms with Crippen molar-refractivity contribution >= 4 is 5.91 Å². The first-order valence-corrected chi connectivity index (χ1v) is 7.47. The van der Waals surface area contributed by atoms with E-state index >= 15 is 0 Å². The van der Waals surface area contributed by atoms with Crippen molar-refractivity contribution in [1.82, 2.24) is 15.5 Å². The van der Waals surface area contributed by atoms with Gasteiger partial charge in [-0.2, -0.15) is 0 Å². The van der Waals surface area contributed by atoms with Crippen molar-refractivity contribution in [3.05, 3.63) is 35.4 Å². The minimum absolute atomic E-state index is 0.103. The van der Waals surface area contributed by atoms with Crippen molar-refractivity contribution in [2.75, 3.05) is 33.2 Å². The van der Waals surface area contributed by atoms with Crippen molar-refractivity contribution in [2.45, 2.75) is 25.8 Å². The molecule has 1 atom stereocenters. The maximum atomic E-state index is 11.9. The smallest absolute Gasteiger partial charge is 0.234 e. The van der Waals surface area contributed by atoms with E-state index in [1.165, 1.54) is 11.1 Å². The van der Waals surface area contributed by atoms with Crippen LogP contribution in [0.4, 0.5) is 0 Å². The number of carbonyl (C=O) groups excluding carboxylic acids is 1. The summed E-state index contributed by atoms with van der Waals surface area (Å²) in [5.74, 6) is 0.103. The van der Waals surface area contributed by atoms with Crippen LogP contribution in [-0.4, -0.2) is 44.0 Å². The van der Waals surface area contributed by atoms with E-state index in [-0.39, 0.29) is 11.9 Å². The highest BCUT2D eigenvalue weighted by molar-refractivity contribution is 5.78. The Morgan fingerprint density at radius 2 is 2.25 bits per heavy atom. The number of fused-ring (bicyclic) bond motifs is 1. The van der Waals surface area contributed by atoms with Crippen molar-refractivity contribution in [2.24, 2.45) is 0 Å². The molecule has 0 spiro atoms. The molecule has 1 aliphatic heterocycles. The zero-order chi connectivity index (χ0) is 14.4. The third-order valence-electron chi connectivity index (χ3n) is 3.74. The molecule has 4 heteroatoms. The molecule has 1 aromatic carbocycles. The topological polar surface area (TPSA) is 44.4 Å². The van der Waals surface area contributed by atoms with Crippen molar-refractivity contribution in [1.29, 1.82) is 0 Å². The number of nitrogens with one attached hydrogen (secondary N) is 2. The zero-order valence-electron chi connectivity index (χ0n) is 12.5. The standard InChI is InChI=1S/C16H25N3O/c1-3-10-19(2)12-16(20)18-11-15-14-7-5-4-6-13(14)8-9-17-15/h4-7,15,17H,3,8-12H2,1-2H3,(H,18,20). The monoisotopic (exact) mass is 275 g/mol. The molecule has 1 aromatic rings. The van der Waals surface area contributed by atoms with E-state index in [0.29, 0.717) is 13.1 Å². The van der Waals surface area contributed by atoms with Gasteiger partial charge in [0, 0.05) is 12.6 Å². The van der Waals surface area contributed by atoms with Crippen LogP contribution in [0, 0.1) is 0 Å². The van der Waals surface area contributed by atoms with Gasteiger partial charge in [0.25, 0.3) is 0 Å². The average molecular weight is 275 g/mol. The molecular weight excluding hydrogens is 250 g/mol. The number of hydrogen-bond acceptors (Lipinski definition) is 3. The molecule has 1 heterocycles. The number of hydrogen-bond donors (Lipinski definition) is 2. The summed E-state index contributed by atoms with van der Waals surface area (Å²) >= 11 is 0. The lowest BCUT2D eigenvalue weighted by Gasteiger charge is -2.27. The second-order valence-corrected chi connectivity index (χ2v) is 5.50. The molecule has 2 N–H and O–H groups in total. The maximum Gasteiger partial charge on any atom is 0.234 e. The third kappa shape index (κ3) is 4.05. The Morgan fingerprint density at radius 1 is 1.45 bits per heavy atom. The van der Waals surface area contributed by atoms with Crippen LogP contribution in [0.15, 0.2) is 24.3 Å². The zero-order valence-corrected chi connectivity index (χ0v) is 12.5. The first kappa shape index (κ1) is 15.0. The van der Waals surface area contributed by atoms with Crippen molar-refractivity contribution in [3.63, 3.8) is 0 Å². The molecule has 0 bridgehead atoms. The molecular formula is C16H25N3O. The largest absolute Gasteiger partial charge is 0.353 e. The number of amides is 1. The van der Waals surface area contributed by atoms with Gasteiger partial charge in [-0.1, -0.05) is 31.2 Å². The van der Waals surface area contributed by atoms with Gasteiger partial charge in [0.2, 0.25) is 5.91 Å². The van der Waals surface area contributed by atoms with Crippen LogP contribution in [0.25, 0.3) is 0 Å². The van der Waals surface area contributed by atoms with Crippen LogP contribution in [0.2, 0.25) is 0 Å². The van der Waals surface area contributed by atoms with Gasteiger partial charge in [-0.25, -0.2) is 0 Å². The summed E-state index contributed by atoms with van der Waals surface area (Å²) in [7, 11) is 1.98. The molecule has 0 fully saturated rings. The lowest BCUT2D eigenvalue weighted by molar-refractivity contribution is -0.122. The Hall–Kier alpha value is -1.39. The summed E-state index contributed by atoms with van der Waals surface area (Å²) in [6.07, 6.45) is 2.14. The average Bonchev–Trinajstić information content (AvgIpc) is 2.45. The van der Waals surface area contributed by atoms with E-state index in [4.69, 9.17) is 0 Å². The fourth-order valence-electron chi connectivity index (χ4n) is 2.75. The highest BCUT2D eigenvalue weighted by Gasteiger charge is 2.19. The van der Waals surface area contributed by atoms with Gasteiger partial charge >= 0.3 is 0 Å². The Kier molecular flexibility index (Phi) is 5.56. The molecule has 1 unspecified atom stereocenters. The van der Waals surface area contributed by atoms with Crippen LogP contribution in [0.1, 0.15) is 30.5 Å². The quantitative estimate of drug-likeness (QED) is 0.823. The Bertz CT molecular complexity index is 447. The van der Waals surface area contributed by atoms with Gasteiger partial charge < -0.3 is 10.6 Å². The Morgan fingerprint density at radius 3 is 3.05 bits per heavy atom. The molecule has 0 saturated carbocycles. The van der Waals surface area contributed by atoms with Gasteiger partial charge in [0.1, 0.15) is 0 Å². The minimum atomic E-state index is 0.103. The summed E-state index contributed by atoms with van der Waals surface area (Å²) in [5.41, 5.74) is 2.72. The fraction of sp³-hybridized carbons (Fsp3) is 0.562. The first-order chi connectivity index (χ1) is 9.70. The van der Waals surface area contributed by atoms with E-state index in [0.717, 1.165) is 25.9 Å². The van der Waals surface area contributed by atoms with Crippen LogP contribution in [0.5, 0.6) is 0 Å². The molecule has 2 rings (SSSR count). The minimum Gasteiger partial charge on any atom is -0.353 e. The molecule has 20 heavy (non-hydrogen) atoms. The normalized spacial score (nSPS) is 17.9. The fourth-order valence-corrected chi connectivity index (χ4v) is 2.75. The molecule has 4 nitrogen and oxygen atoms in total. The summed E-state index contributed by atoms with van der Waals surface area (Å²) in [5, 5.41) is 6.52. The number of benzene rings is 1. The van der Waals surface area contributed by atoms with E-state index in [9.17, 15) is 4.79 Å². The van der Waals surface area contributed by atoms with Crippen molar-refractivity contribution < 1.29 is 4.79 Å². The van der Waals surface area contributed by atoms with Crippen LogP contribution in [-0.2, 0) is 11.2 Å². The number of likely N-dealkylation sites (N-methyl/N-ethyl adjacent to an activating group) is 1. The summed E-state index contributed by atoms with van der Waals surface area (Å²) in [4.78, 5) is 14.0. The van der Waals surface area contributed by atoms with E-state index in [1.54, 1.807) is 0 Å². The maximum absolute atomic E-state index is 11.9. The van der Waals surface area contributed by atoms with Gasteiger partial charge in [0.05, 0.1) is 6.54 Å². The van der Waals surface area contributed by atoms with Gasteiger partial charge in [-0.15, -0.1) is 0 Å². The summed E-state index contributed by atoms with van der Waals surface area (Å²) in [6.45, 7) is 5.19. The molecule has 1 amide bonds. The molecule has 0 saturated heterocycles. The lowest BCUT2D eigenvalue weighted by Crippen LogP contribution is -2.42. The predicted molar refractivity (Wildman–Crippen MR) is 81.7 cm³/mol.